The number of carbonyl (C=O) groups is 1. The Morgan fingerprint density at radius 1 is 1.35 bits per heavy atom. The number of furan rings is 1. The monoisotopic (exact) mass is 345 g/mol. The number of aliphatic hydroxyl groups is 1. The van der Waals surface area contributed by atoms with Gasteiger partial charge in [-0.15, -0.1) is 11.3 Å². The van der Waals surface area contributed by atoms with Gasteiger partial charge in [0.15, 0.2) is 0 Å². The van der Waals surface area contributed by atoms with Crippen LogP contribution in [0, 0.1) is 0 Å². The van der Waals surface area contributed by atoms with Crippen LogP contribution in [0.3, 0.4) is 0 Å². The zero-order valence-corrected chi connectivity index (χ0v) is 13.8. The Morgan fingerprint density at radius 2 is 2.26 bits per heavy atom. The van der Waals surface area contributed by atoms with Crippen molar-refractivity contribution in [3.8, 4) is 0 Å². The molecule has 0 aromatic carbocycles. The number of carbonyl (C=O) groups excluding carboxylic acids is 1. The first-order chi connectivity index (χ1) is 11.2. The molecule has 3 aromatic heterocycles. The summed E-state index contributed by atoms with van der Waals surface area (Å²) in [5, 5.41) is 17.0. The third-order valence-electron chi connectivity index (χ3n) is 3.17. The summed E-state index contributed by atoms with van der Waals surface area (Å²) in [6, 6.07) is 9.18. The Kier molecular flexibility index (Phi) is 5.07. The number of amides is 1. The van der Waals surface area contributed by atoms with Crippen LogP contribution in [0.1, 0.15) is 27.2 Å². The molecule has 0 bridgehead atoms. The van der Waals surface area contributed by atoms with E-state index in [1.807, 2.05) is 29.0 Å². The van der Waals surface area contributed by atoms with Gasteiger partial charge in [-0.1, -0.05) is 0 Å². The lowest BCUT2D eigenvalue weighted by molar-refractivity contribution is -0.116. The van der Waals surface area contributed by atoms with Crippen LogP contribution in [-0.2, 0) is 11.3 Å². The summed E-state index contributed by atoms with van der Waals surface area (Å²) in [5.41, 5.74) is 1.02. The molecule has 0 spiro atoms. The highest BCUT2D eigenvalue weighted by atomic mass is 32.1. The minimum absolute atomic E-state index is 0.141. The minimum Gasteiger partial charge on any atom is -0.466 e. The molecule has 0 fully saturated rings. The first-order valence-corrected chi connectivity index (χ1v) is 8.76. The van der Waals surface area contributed by atoms with Crippen LogP contribution in [0.4, 0.5) is 0 Å². The molecule has 2 N–H and O–H groups in total. The van der Waals surface area contributed by atoms with Crippen LogP contribution in [0.5, 0.6) is 0 Å². The summed E-state index contributed by atoms with van der Waals surface area (Å²) in [6.45, 7) is 0.433. The van der Waals surface area contributed by atoms with Gasteiger partial charge < -0.3 is 14.8 Å². The van der Waals surface area contributed by atoms with Crippen molar-refractivity contribution < 1.29 is 14.3 Å². The van der Waals surface area contributed by atoms with E-state index in [0.717, 1.165) is 15.3 Å². The largest absolute Gasteiger partial charge is 0.466 e. The van der Waals surface area contributed by atoms with Gasteiger partial charge in [-0.3, -0.25) is 4.79 Å². The average molecular weight is 345 g/mol. The van der Waals surface area contributed by atoms with Crippen LogP contribution in [0.15, 0.2) is 57.8 Å². The summed E-state index contributed by atoms with van der Waals surface area (Å²) in [5.74, 6) is 0.374. The van der Waals surface area contributed by atoms with Crippen LogP contribution >= 0.6 is 22.7 Å². The Bertz CT molecular complexity index is 773. The number of nitrogens with one attached hydrogen (secondary N) is 1. The van der Waals surface area contributed by atoms with E-state index in [9.17, 15) is 9.90 Å². The van der Waals surface area contributed by atoms with E-state index in [2.05, 4.69) is 5.32 Å². The molecular weight excluding hydrogens is 330 g/mol. The van der Waals surface area contributed by atoms with Crippen molar-refractivity contribution >= 4 is 34.7 Å². The second kappa shape index (κ2) is 7.41. The molecule has 1 amide bonds. The van der Waals surface area contributed by atoms with Crippen LogP contribution < -0.4 is 5.32 Å². The summed E-state index contributed by atoms with van der Waals surface area (Å²) in [6.07, 6.45) is 4.08. The molecule has 3 heterocycles. The lowest BCUT2D eigenvalue weighted by Gasteiger charge is -2.04. The lowest BCUT2D eigenvalue weighted by Crippen LogP contribution is -2.19. The van der Waals surface area contributed by atoms with E-state index in [1.165, 1.54) is 23.7 Å². The highest BCUT2D eigenvalue weighted by Gasteiger charge is 2.15. The molecule has 0 unspecified atom stereocenters. The lowest BCUT2D eigenvalue weighted by atomic mass is 10.2. The first-order valence-electron chi connectivity index (χ1n) is 7.00. The predicted molar refractivity (Wildman–Crippen MR) is 92.3 cm³/mol. The summed E-state index contributed by atoms with van der Waals surface area (Å²) < 4.78 is 5.20. The molecule has 118 valence electrons. The van der Waals surface area contributed by atoms with Crippen molar-refractivity contribution in [3.63, 3.8) is 0 Å². The highest BCUT2D eigenvalue weighted by molar-refractivity contribution is 7.12. The summed E-state index contributed by atoms with van der Waals surface area (Å²) in [4.78, 5) is 13.5. The topological polar surface area (TPSA) is 62.5 Å². The van der Waals surface area contributed by atoms with Gasteiger partial charge in [0.1, 0.15) is 11.9 Å². The molecule has 0 aliphatic rings. The molecule has 0 saturated carbocycles. The fourth-order valence-corrected chi connectivity index (χ4v) is 3.57. The van der Waals surface area contributed by atoms with Gasteiger partial charge in [0.05, 0.1) is 12.8 Å². The maximum atomic E-state index is 11.8. The fraction of sp³-hybridized carbons (Fsp3) is 0.118. The van der Waals surface area contributed by atoms with Gasteiger partial charge in [0, 0.05) is 15.8 Å². The molecule has 0 aliphatic heterocycles. The van der Waals surface area contributed by atoms with Crippen molar-refractivity contribution in [2.24, 2.45) is 0 Å². The van der Waals surface area contributed by atoms with Gasteiger partial charge in [-0.2, -0.15) is 11.3 Å². The smallest absolute Gasteiger partial charge is 0.244 e. The van der Waals surface area contributed by atoms with Crippen molar-refractivity contribution in [2.45, 2.75) is 12.6 Å². The maximum absolute atomic E-state index is 11.8. The standard InChI is InChI=1S/C17H15NO3S2/c19-16(6-3-12-7-9-22-11-12)18-10-13-4-5-15(23-13)17(20)14-2-1-8-21-14/h1-9,11,17,20H,10H2,(H,18,19)/b6-3+/t17-/m0/s1. The zero-order valence-electron chi connectivity index (χ0n) is 12.1. The maximum Gasteiger partial charge on any atom is 0.244 e. The van der Waals surface area contributed by atoms with Gasteiger partial charge in [-0.05, 0) is 52.7 Å². The first kappa shape index (κ1) is 15.7. The molecule has 1 atom stereocenters. The van der Waals surface area contributed by atoms with E-state index >= 15 is 0 Å². The molecule has 3 rings (SSSR count). The van der Waals surface area contributed by atoms with E-state index in [1.54, 1.807) is 29.5 Å². The Hall–Kier alpha value is -2.15. The third kappa shape index (κ3) is 4.19. The number of aliphatic hydroxyl groups excluding tert-OH is 1. The number of hydrogen-bond acceptors (Lipinski definition) is 5. The van der Waals surface area contributed by atoms with Gasteiger partial charge in [0.25, 0.3) is 0 Å². The number of rotatable bonds is 6. The van der Waals surface area contributed by atoms with E-state index < -0.39 is 6.10 Å². The minimum atomic E-state index is -0.766. The van der Waals surface area contributed by atoms with E-state index in [4.69, 9.17) is 4.42 Å². The quantitative estimate of drug-likeness (QED) is 0.668. The Morgan fingerprint density at radius 3 is 3.00 bits per heavy atom. The third-order valence-corrected chi connectivity index (χ3v) is 5.01. The number of hydrogen-bond donors (Lipinski definition) is 2. The van der Waals surface area contributed by atoms with E-state index in [0.29, 0.717) is 12.3 Å². The van der Waals surface area contributed by atoms with Crippen LogP contribution in [-0.4, -0.2) is 11.0 Å². The van der Waals surface area contributed by atoms with Gasteiger partial charge >= 0.3 is 0 Å². The zero-order chi connectivity index (χ0) is 16.1. The normalized spacial score (nSPS) is 12.6. The molecular formula is C17H15NO3S2. The fourth-order valence-electron chi connectivity index (χ4n) is 2.00. The van der Waals surface area contributed by atoms with Crippen molar-refractivity contribution in [2.75, 3.05) is 0 Å². The van der Waals surface area contributed by atoms with Gasteiger partial charge in [0.2, 0.25) is 5.91 Å². The molecule has 23 heavy (non-hydrogen) atoms. The van der Waals surface area contributed by atoms with Crippen molar-refractivity contribution in [1.29, 1.82) is 0 Å². The van der Waals surface area contributed by atoms with Gasteiger partial charge in [-0.25, -0.2) is 0 Å². The molecule has 3 aromatic rings. The molecule has 0 radical (unpaired) electrons. The van der Waals surface area contributed by atoms with Crippen LogP contribution in [0.25, 0.3) is 6.08 Å². The highest BCUT2D eigenvalue weighted by Crippen LogP contribution is 2.28. The second-order valence-electron chi connectivity index (χ2n) is 4.83. The summed E-state index contributed by atoms with van der Waals surface area (Å²) in [7, 11) is 0. The van der Waals surface area contributed by atoms with Crippen molar-refractivity contribution in [1.82, 2.24) is 5.32 Å². The predicted octanol–water partition coefficient (Wildman–Crippen LogP) is 3.81. The molecule has 6 heteroatoms. The van der Waals surface area contributed by atoms with Crippen LogP contribution in [0.2, 0.25) is 0 Å². The Balaban J connectivity index is 1.54. The Labute approximate surface area is 141 Å². The summed E-state index contributed by atoms with van der Waals surface area (Å²) >= 11 is 3.04. The van der Waals surface area contributed by atoms with Crippen molar-refractivity contribution in [3.05, 3.63) is 74.5 Å². The SMILES string of the molecule is O=C(/C=C/c1ccsc1)NCc1ccc([C@@H](O)c2ccco2)s1. The molecule has 0 aliphatic carbocycles. The molecule has 4 nitrogen and oxygen atoms in total. The van der Waals surface area contributed by atoms with E-state index in [-0.39, 0.29) is 5.91 Å². The second-order valence-corrected chi connectivity index (χ2v) is 6.81. The molecule has 0 saturated heterocycles. The number of thiophene rings is 2. The average Bonchev–Trinajstić information content (AvgIpc) is 3.33.